The summed E-state index contributed by atoms with van der Waals surface area (Å²) in [6.45, 7) is 0.135. The van der Waals surface area contributed by atoms with Crippen molar-refractivity contribution < 1.29 is 22.7 Å². The zero-order valence-electron chi connectivity index (χ0n) is 21.7. The molecule has 0 aliphatic rings. The number of para-hydroxylation sites is 1. The Hall–Kier alpha value is -4.50. The van der Waals surface area contributed by atoms with E-state index in [0.29, 0.717) is 30.5 Å². The zero-order valence-corrected chi connectivity index (χ0v) is 22.5. The number of hydrogen-bond donors (Lipinski definition) is 1. The molecule has 0 unspecified atom stereocenters. The van der Waals surface area contributed by atoms with E-state index < -0.39 is 21.8 Å². The summed E-state index contributed by atoms with van der Waals surface area (Å²) in [4.78, 5) is 15.8. The topological polar surface area (TPSA) is 92.5 Å². The fraction of sp³-hybridized carbons (Fsp3) is 0.161. The molecule has 0 aliphatic carbocycles. The Kier molecular flexibility index (Phi) is 7.93. The van der Waals surface area contributed by atoms with Crippen LogP contribution < -0.4 is 4.31 Å². The highest BCUT2D eigenvalue weighted by Gasteiger charge is 2.26. The minimum atomic E-state index is -4.03. The smallest absolute Gasteiger partial charge is 0.303 e. The lowest BCUT2D eigenvalue weighted by Crippen LogP contribution is -2.32. The highest BCUT2D eigenvalue weighted by molar-refractivity contribution is 7.92. The molecule has 0 fully saturated rings. The quantitative estimate of drug-likeness (QED) is 0.183. The number of rotatable bonds is 11. The second kappa shape index (κ2) is 11.7. The van der Waals surface area contributed by atoms with Crippen molar-refractivity contribution >= 4 is 32.7 Å². The summed E-state index contributed by atoms with van der Waals surface area (Å²) in [5.41, 5.74) is 3.69. The SMILES string of the molecule is O=C(O)CCCCCN(c1ccc2c(c1)nc(-c1ccccc1)n2-c1ccccc1)S(=O)(=O)c1ccc(F)cc1. The molecular weight excluding hydrogens is 529 g/mol. The fourth-order valence-corrected chi connectivity index (χ4v) is 6.17. The summed E-state index contributed by atoms with van der Waals surface area (Å²) in [5.74, 6) is -0.689. The Morgan fingerprint density at radius 1 is 0.850 bits per heavy atom. The number of nitrogens with zero attached hydrogens (tertiary/aromatic N) is 3. The van der Waals surface area contributed by atoms with Crippen molar-refractivity contribution in [1.82, 2.24) is 9.55 Å². The number of hydrogen-bond acceptors (Lipinski definition) is 4. The summed E-state index contributed by atoms with van der Waals surface area (Å²) in [6, 6.07) is 29.7. The number of carboxylic acids is 1. The van der Waals surface area contributed by atoms with Gasteiger partial charge in [-0.2, -0.15) is 0 Å². The van der Waals surface area contributed by atoms with Crippen LogP contribution in [0.2, 0.25) is 0 Å². The van der Waals surface area contributed by atoms with Gasteiger partial charge in [-0.05, 0) is 67.4 Å². The first-order chi connectivity index (χ1) is 19.3. The summed E-state index contributed by atoms with van der Waals surface area (Å²) in [5, 5.41) is 8.94. The first-order valence-electron chi connectivity index (χ1n) is 13.0. The summed E-state index contributed by atoms with van der Waals surface area (Å²) in [7, 11) is -4.03. The molecule has 0 spiro atoms. The normalized spacial score (nSPS) is 11.5. The lowest BCUT2D eigenvalue weighted by Gasteiger charge is -2.25. The van der Waals surface area contributed by atoms with Crippen LogP contribution in [0.3, 0.4) is 0 Å². The maximum atomic E-state index is 13.8. The summed E-state index contributed by atoms with van der Waals surface area (Å²) < 4.78 is 44.4. The van der Waals surface area contributed by atoms with E-state index in [1.54, 1.807) is 12.1 Å². The molecular formula is C31H28FN3O4S. The van der Waals surface area contributed by atoms with Gasteiger partial charge < -0.3 is 5.11 Å². The van der Waals surface area contributed by atoms with Crippen LogP contribution in [0.15, 0.2) is 108 Å². The molecule has 40 heavy (non-hydrogen) atoms. The van der Waals surface area contributed by atoms with E-state index in [0.717, 1.165) is 34.7 Å². The van der Waals surface area contributed by atoms with E-state index in [1.807, 2.05) is 71.3 Å². The van der Waals surface area contributed by atoms with Gasteiger partial charge in [0.2, 0.25) is 0 Å². The number of benzene rings is 4. The molecule has 204 valence electrons. The lowest BCUT2D eigenvalue weighted by molar-refractivity contribution is -0.137. The Bertz CT molecular complexity index is 1720. The van der Waals surface area contributed by atoms with Gasteiger partial charge in [0, 0.05) is 24.2 Å². The first-order valence-corrected chi connectivity index (χ1v) is 14.4. The van der Waals surface area contributed by atoms with Crippen molar-refractivity contribution in [3.05, 3.63) is 109 Å². The minimum absolute atomic E-state index is 0.0237. The molecule has 5 aromatic rings. The second-order valence-corrected chi connectivity index (χ2v) is 11.2. The number of halogens is 1. The van der Waals surface area contributed by atoms with Crippen LogP contribution in [-0.4, -0.2) is 35.6 Å². The number of fused-ring (bicyclic) bond motifs is 1. The number of aliphatic carboxylic acids is 1. The molecule has 7 nitrogen and oxygen atoms in total. The third-order valence-corrected chi connectivity index (χ3v) is 8.47. The van der Waals surface area contributed by atoms with Gasteiger partial charge in [0.15, 0.2) is 0 Å². The van der Waals surface area contributed by atoms with E-state index >= 15 is 0 Å². The largest absolute Gasteiger partial charge is 0.481 e. The Labute approximate surface area is 232 Å². The van der Waals surface area contributed by atoms with Crippen molar-refractivity contribution in [3.63, 3.8) is 0 Å². The third-order valence-electron chi connectivity index (χ3n) is 6.63. The molecule has 1 N–H and O–H groups in total. The van der Waals surface area contributed by atoms with Gasteiger partial charge in [0.05, 0.1) is 21.6 Å². The molecule has 0 saturated heterocycles. The van der Waals surface area contributed by atoms with E-state index in [9.17, 15) is 17.6 Å². The molecule has 0 atom stereocenters. The number of carbonyl (C=O) groups is 1. The molecule has 9 heteroatoms. The van der Waals surface area contributed by atoms with Crippen LogP contribution >= 0.6 is 0 Å². The molecule has 0 saturated carbocycles. The first kappa shape index (κ1) is 27.1. The molecule has 0 aliphatic heterocycles. The highest BCUT2D eigenvalue weighted by atomic mass is 32.2. The summed E-state index contributed by atoms with van der Waals surface area (Å²) in [6.07, 6.45) is 1.47. The van der Waals surface area contributed by atoms with Crippen LogP contribution in [0.5, 0.6) is 0 Å². The van der Waals surface area contributed by atoms with Gasteiger partial charge in [-0.15, -0.1) is 0 Å². The molecule has 4 aromatic carbocycles. The standard InChI is InChI=1S/C31H28FN3O4S/c32-24-15-18-27(19-16-24)40(38,39)34(21-9-3-8-14-30(36)37)26-17-20-29-28(22-26)33-31(23-10-4-1-5-11-23)35(29)25-12-6-2-7-13-25/h1-2,4-7,10-13,15-20,22H,3,8-9,14,21H2,(H,36,37). The van der Waals surface area contributed by atoms with Gasteiger partial charge in [-0.3, -0.25) is 13.7 Å². The molecule has 0 radical (unpaired) electrons. The zero-order chi connectivity index (χ0) is 28.1. The van der Waals surface area contributed by atoms with Gasteiger partial charge in [0.25, 0.3) is 10.0 Å². The van der Waals surface area contributed by atoms with Crippen LogP contribution in [0, 0.1) is 5.82 Å². The number of unbranched alkanes of at least 4 members (excludes halogenated alkanes) is 2. The predicted molar refractivity (Wildman–Crippen MR) is 154 cm³/mol. The van der Waals surface area contributed by atoms with E-state index in [2.05, 4.69) is 0 Å². The number of anilines is 1. The van der Waals surface area contributed by atoms with Crippen LogP contribution in [0.25, 0.3) is 28.1 Å². The fourth-order valence-electron chi connectivity index (χ4n) is 4.67. The Balaban J connectivity index is 1.59. The predicted octanol–water partition coefficient (Wildman–Crippen LogP) is 6.67. The lowest BCUT2D eigenvalue weighted by atomic mass is 10.2. The average Bonchev–Trinajstić information content (AvgIpc) is 3.35. The van der Waals surface area contributed by atoms with Crippen molar-refractivity contribution in [2.45, 2.75) is 30.6 Å². The highest BCUT2D eigenvalue weighted by Crippen LogP contribution is 2.33. The van der Waals surface area contributed by atoms with Gasteiger partial charge in [0.1, 0.15) is 11.6 Å². The number of carboxylic acid groups (broad SMARTS) is 1. The molecule has 5 rings (SSSR count). The Morgan fingerprint density at radius 2 is 1.52 bits per heavy atom. The van der Waals surface area contributed by atoms with Gasteiger partial charge in [-0.1, -0.05) is 55.0 Å². The monoisotopic (exact) mass is 557 g/mol. The maximum absolute atomic E-state index is 13.8. The number of aromatic nitrogens is 2. The second-order valence-electron chi connectivity index (χ2n) is 9.38. The Morgan fingerprint density at radius 3 is 2.20 bits per heavy atom. The third kappa shape index (κ3) is 5.74. The average molecular weight is 558 g/mol. The molecule has 1 heterocycles. The van der Waals surface area contributed by atoms with E-state index in [4.69, 9.17) is 10.1 Å². The van der Waals surface area contributed by atoms with Crippen LogP contribution in [0.1, 0.15) is 25.7 Å². The van der Waals surface area contributed by atoms with Crippen molar-refractivity contribution in [2.24, 2.45) is 0 Å². The van der Waals surface area contributed by atoms with Gasteiger partial charge in [-0.25, -0.2) is 17.8 Å². The number of imidazole rings is 1. The minimum Gasteiger partial charge on any atom is -0.481 e. The maximum Gasteiger partial charge on any atom is 0.303 e. The molecule has 1 aromatic heterocycles. The van der Waals surface area contributed by atoms with E-state index in [-0.39, 0.29) is 17.9 Å². The van der Waals surface area contributed by atoms with Gasteiger partial charge >= 0.3 is 5.97 Å². The van der Waals surface area contributed by atoms with Crippen molar-refractivity contribution in [2.75, 3.05) is 10.8 Å². The molecule has 0 amide bonds. The van der Waals surface area contributed by atoms with E-state index in [1.165, 1.54) is 16.4 Å². The van der Waals surface area contributed by atoms with Crippen molar-refractivity contribution in [1.29, 1.82) is 0 Å². The van der Waals surface area contributed by atoms with Crippen molar-refractivity contribution in [3.8, 4) is 17.1 Å². The molecule has 0 bridgehead atoms. The van der Waals surface area contributed by atoms with Crippen LogP contribution in [-0.2, 0) is 14.8 Å². The summed E-state index contributed by atoms with van der Waals surface area (Å²) >= 11 is 0. The number of sulfonamides is 1. The van der Waals surface area contributed by atoms with Crippen LogP contribution in [0.4, 0.5) is 10.1 Å².